The van der Waals surface area contributed by atoms with Crippen molar-refractivity contribution in [2.45, 2.75) is 4.90 Å². The highest BCUT2D eigenvalue weighted by molar-refractivity contribution is 7.92. The molecule has 0 aromatic heterocycles. The van der Waals surface area contributed by atoms with E-state index < -0.39 is 10.0 Å². The van der Waals surface area contributed by atoms with Crippen LogP contribution in [0.4, 0.5) is 5.69 Å². The van der Waals surface area contributed by atoms with Gasteiger partial charge in [-0.1, -0.05) is 23.2 Å². The van der Waals surface area contributed by atoms with Crippen molar-refractivity contribution in [2.75, 3.05) is 18.9 Å². The Morgan fingerprint density at radius 2 is 1.64 bits per heavy atom. The number of methoxy groups -OCH3 is 2. The Morgan fingerprint density at radius 3 is 2.27 bits per heavy atom. The molecule has 0 amide bonds. The molecular formula is C14H13Cl2NO4S. The van der Waals surface area contributed by atoms with Crippen LogP contribution in [0.5, 0.6) is 11.5 Å². The van der Waals surface area contributed by atoms with Gasteiger partial charge in [0.15, 0.2) is 11.5 Å². The van der Waals surface area contributed by atoms with Gasteiger partial charge in [-0.2, -0.15) is 0 Å². The molecular weight excluding hydrogens is 349 g/mol. The summed E-state index contributed by atoms with van der Waals surface area (Å²) in [6.07, 6.45) is 0. The molecule has 0 saturated heterocycles. The predicted molar refractivity (Wildman–Crippen MR) is 86.8 cm³/mol. The lowest BCUT2D eigenvalue weighted by Crippen LogP contribution is -2.13. The number of ether oxygens (including phenoxy) is 2. The lowest BCUT2D eigenvalue weighted by molar-refractivity contribution is 0.354. The van der Waals surface area contributed by atoms with E-state index >= 15 is 0 Å². The zero-order valence-corrected chi connectivity index (χ0v) is 14.1. The van der Waals surface area contributed by atoms with Crippen molar-refractivity contribution >= 4 is 38.9 Å². The monoisotopic (exact) mass is 361 g/mol. The number of hydrogen-bond acceptors (Lipinski definition) is 4. The number of hydrogen-bond donors (Lipinski definition) is 1. The predicted octanol–water partition coefficient (Wildman–Crippen LogP) is 3.81. The van der Waals surface area contributed by atoms with E-state index in [-0.39, 0.29) is 15.6 Å². The largest absolute Gasteiger partial charge is 0.493 e. The number of sulfonamides is 1. The first-order chi connectivity index (χ1) is 10.4. The summed E-state index contributed by atoms with van der Waals surface area (Å²) in [6.45, 7) is 0. The molecule has 0 atom stereocenters. The van der Waals surface area contributed by atoms with Gasteiger partial charge in [0.25, 0.3) is 10.0 Å². The van der Waals surface area contributed by atoms with E-state index in [1.165, 1.54) is 44.6 Å². The fraction of sp³-hybridized carbons (Fsp3) is 0.143. The summed E-state index contributed by atoms with van der Waals surface area (Å²) in [4.78, 5) is 0.0150. The molecule has 0 fully saturated rings. The molecule has 0 unspecified atom stereocenters. The zero-order valence-electron chi connectivity index (χ0n) is 11.8. The normalized spacial score (nSPS) is 11.1. The van der Waals surface area contributed by atoms with Crippen LogP contribution >= 0.6 is 23.2 Å². The second kappa shape index (κ2) is 6.64. The minimum Gasteiger partial charge on any atom is -0.493 e. The van der Waals surface area contributed by atoms with Crippen LogP contribution in [0.2, 0.25) is 10.0 Å². The maximum Gasteiger partial charge on any atom is 0.262 e. The molecule has 2 aromatic carbocycles. The van der Waals surface area contributed by atoms with Gasteiger partial charge in [0.1, 0.15) is 0 Å². The van der Waals surface area contributed by atoms with E-state index in [0.29, 0.717) is 16.5 Å². The highest BCUT2D eigenvalue weighted by Crippen LogP contribution is 2.32. The molecule has 0 radical (unpaired) electrons. The van der Waals surface area contributed by atoms with E-state index in [2.05, 4.69) is 4.72 Å². The first kappa shape index (κ1) is 16.7. The Hall–Kier alpha value is -1.63. The fourth-order valence-electron chi connectivity index (χ4n) is 1.76. The van der Waals surface area contributed by atoms with Crippen LogP contribution in [0, 0.1) is 0 Å². The van der Waals surface area contributed by atoms with Crippen molar-refractivity contribution in [1.29, 1.82) is 0 Å². The quantitative estimate of drug-likeness (QED) is 0.879. The molecule has 2 rings (SSSR count). The van der Waals surface area contributed by atoms with E-state index in [4.69, 9.17) is 32.7 Å². The number of rotatable bonds is 5. The third-order valence-corrected chi connectivity index (χ3v) is 4.77. The topological polar surface area (TPSA) is 64.6 Å². The molecule has 0 aliphatic carbocycles. The highest BCUT2D eigenvalue weighted by atomic mass is 35.5. The summed E-state index contributed by atoms with van der Waals surface area (Å²) in [5, 5.41) is 0.614. The number of anilines is 1. The van der Waals surface area contributed by atoms with Crippen LogP contribution in [0.1, 0.15) is 0 Å². The van der Waals surface area contributed by atoms with Crippen LogP contribution in [0.3, 0.4) is 0 Å². The zero-order chi connectivity index (χ0) is 16.3. The number of halogens is 2. The molecule has 118 valence electrons. The Kier molecular flexibility index (Phi) is 5.05. The van der Waals surface area contributed by atoms with Gasteiger partial charge in [-0.25, -0.2) is 8.42 Å². The molecule has 5 nitrogen and oxygen atoms in total. The average molecular weight is 362 g/mol. The SMILES string of the molecule is COc1ccc(S(=O)(=O)Nc2cc(Cl)ccc2Cl)cc1OC. The number of benzene rings is 2. The summed E-state index contributed by atoms with van der Waals surface area (Å²) < 4.78 is 37.4. The van der Waals surface area contributed by atoms with Crippen LogP contribution in [0.25, 0.3) is 0 Å². The third kappa shape index (κ3) is 3.58. The fourth-order valence-corrected chi connectivity index (χ4v) is 3.24. The second-order valence-corrected chi connectivity index (χ2v) is 6.77. The van der Waals surface area contributed by atoms with Gasteiger partial charge >= 0.3 is 0 Å². The molecule has 1 N–H and O–H groups in total. The smallest absolute Gasteiger partial charge is 0.262 e. The van der Waals surface area contributed by atoms with E-state index in [0.717, 1.165) is 0 Å². The summed E-state index contributed by atoms with van der Waals surface area (Å²) in [6, 6.07) is 8.78. The Labute approximate surface area is 138 Å². The van der Waals surface area contributed by atoms with Crippen molar-refractivity contribution in [1.82, 2.24) is 0 Å². The van der Waals surface area contributed by atoms with Crippen LogP contribution in [-0.2, 0) is 10.0 Å². The lowest BCUT2D eigenvalue weighted by atomic mass is 10.3. The van der Waals surface area contributed by atoms with Gasteiger partial charge in [0.2, 0.25) is 0 Å². The van der Waals surface area contributed by atoms with Crippen molar-refractivity contribution < 1.29 is 17.9 Å². The van der Waals surface area contributed by atoms with Gasteiger partial charge in [0, 0.05) is 11.1 Å². The van der Waals surface area contributed by atoms with Gasteiger partial charge in [0.05, 0.1) is 29.8 Å². The van der Waals surface area contributed by atoms with Crippen LogP contribution < -0.4 is 14.2 Å². The molecule has 8 heteroatoms. The molecule has 0 aliphatic rings. The summed E-state index contributed by atoms with van der Waals surface area (Å²) in [5.41, 5.74) is 0.198. The molecule has 0 heterocycles. The van der Waals surface area contributed by atoms with Gasteiger partial charge in [-0.05, 0) is 30.3 Å². The molecule has 2 aromatic rings. The lowest BCUT2D eigenvalue weighted by Gasteiger charge is -2.12. The van der Waals surface area contributed by atoms with Gasteiger partial charge in [-0.15, -0.1) is 0 Å². The van der Waals surface area contributed by atoms with Crippen LogP contribution in [0.15, 0.2) is 41.3 Å². The van der Waals surface area contributed by atoms with Gasteiger partial charge in [-0.3, -0.25) is 4.72 Å². The average Bonchev–Trinajstić information content (AvgIpc) is 2.49. The van der Waals surface area contributed by atoms with Crippen LogP contribution in [-0.4, -0.2) is 22.6 Å². The Bertz CT molecular complexity index is 793. The number of nitrogens with one attached hydrogen (secondary N) is 1. The standard InChI is InChI=1S/C14H13Cl2NO4S/c1-20-13-6-4-10(8-14(13)21-2)22(18,19)17-12-7-9(15)3-5-11(12)16/h3-8,17H,1-2H3. The molecule has 0 saturated carbocycles. The van der Waals surface area contributed by atoms with E-state index in [9.17, 15) is 8.42 Å². The summed E-state index contributed by atoms with van der Waals surface area (Å²) in [7, 11) is -0.944. The summed E-state index contributed by atoms with van der Waals surface area (Å²) in [5.74, 6) is 0.741. The van der Waals surface area contributed by atoms with E-state index in [1.807, 2.05) is 0 Å². The molecule has 22 heavy (non-hydrogen) atoms. The minimum absolute atomic E-state index is 0.0150. The van der Waals surface area contributed by atoms with Crippen molar-refractivity contribution in [3.8, 4) is 11.5 Å². The molecule has 0 bridgehead atoms. The molecule has 0 aliphatic heterocycles. The maximum atomic E-state index is 12.4. The van der Waals surface area contributed by atoms with Crippen molar-refractivity contribution in [2.24, 2.45) is 0 Å². The second-order valence-electron chi connectivity index (χ2n) is 4.25. The summed E-state index contributed by atoms with van der Waals surface area (Å²) >= 11 is 11.8. The van der Waals surface area contributed by atoms with Gasteiger partial charge < -0.3 is 9.47 Å². The first-order valence-electron chi connectivity index (χ1n) is 6.07. The maximum absolute atomic E-state index is 12.4. The Balaban J connectivity index is 2.40. The third-order valence-electron chi connectivity index (χ3n) is 2.84. The van der Waals surface area contributed by atoms with E-state index in [1.54, 1.807) is 6.07 Å². The highest BCUT2D eigenvalue weighted by Gasteiger charge is 2.18. The van der Waals surface area contributed by atoms with Crippen molar-refractivity contribution in [3.63, 3.8) is 0 Å². The molecule has 0 spiro atoms. The minimum atomic E-state index is -3.84. The Morgan fingerprint density at radius 1 is 0.955 bits per heavy atom. The first-order valence-corrected chi connectivity index (χ1v) is 8.31. The van der Waals surface area contributed by atoms with Crippen molar-refractivity contribution in [3.05, 3.63) is 46.4 Å².